The first-order chi connectivity index (χ1) is 8.34. The molecule has 1 aliphatic carbocycles. The van der Waals surface area contributed by atoms with E-state index in [2.05, 4.69) is 15.0 Å². The van der Waals surface area contributed by atoms with Crippen LogP contribution in [0.4, 0.5) is 0 Å². The molecule has 4 nitrogen and oxygen atoms in total. The number of hydrogen-bond acceptors (Lipinski definition) is 4. The van der Waals surface area contributed by atoms with Crippen molar-refractivity contribution in [2.75, 3.05) is 6.61 Å². The van der Waals surface area contributed by atoms with Crippen LogP contribution in [0.25, 0.3) is 11.3 Å². The van der Waals surface area contributed by atoms with Crippen LogP contribution in [0, 0.1) is 0 Å². The van der Waals surface area contributed by atoms with Crippen LogP contribution >= 0.6 is 0 Å². The number of aliphatic hydroxyl groups excluding tert-OH is 1. The van der Waals surface area contributed by atoms with Crippen LogP contribution in [0.1, 0.15) is 18.7 Å². The van der Waals surface area contributed by atoms with Gasteiger partial charge in [-0.15, -0.1) is 0 Å². The van der Waals surface area contributed by atoms with Crippen molar-refractivity contribution in [1.82, 2.24) is 15.0 Å². The smallest absolute Gasteiger partial charge is 0.137 e. The second-order valence-corrected chi connectivity index (χ2v) is 4.44. The van der Waals surface area contributed by atoms with E-state index in [0.29, 0.717) is 0 Å². The zero-order chi connectivity index (χ0) is 11.7. The van der Waals surface area contributed by atoms with Gasteiger partial charge in [0.25, 0.3) is 0 Å². The van der Waals surface area contributed by atoms with Crippen LogP contribution in [-0.4, -0.2) is 26.7 Å². The minimum atomic E-state index is -0.178. The average Bonchev–Trinajstić information content (AvgIpc) is 3.21. The zero-order valence-corrected chi connectivity index (χ0v) is 9.37. The van der Waals surface area contributed by atoms with Crippen molar-refractivity contribution < 1.29 is 5.11 Å². The van der Waals surface area contributed by atoms with E-state index in [0.717, 1.165) is 29.9 Å². The first kappa shape index (κ1) is 10.4. The molecule has 1 saturated carbocycles. The zero-order valence-electron chi connectivity index (χ0n) is 9.37. The Balaban J connectivity index is 2.00. The third-order valence-electron chi connectivity index (χ3n) is 3.26. The maximum Gasteiger partial charge on any atom is 0.137 e. The fourth-order valence-corrected chi connectivity index (χ4v) is 1.90. The Labute approximate surface area is 99.4 Å². The van der Waals surface area contributed by atoms with Gasteiger partial charge in [0.15, 0.2) is 0 Å². The Hall–Kier alpha value is -1.81. The highest BCUT2D eigenvalue weighted by atomic mass is 16.3. The molecule has 0 spiro atoms. The number of aliphatic hydroxyl groups is 1. The summed E-state index contributed by atoms with van der Waals surface area (Å²) < 4.78 is 0. The molecule has 0 atom stereocenters. The van der Waals surface area contributed by atoms with Gasteiger partial charge in [-0.2, -0.15) is 0 Å². The van der Waals surface area contributed by atoms with Crippen molar-refractivity contribution >= 4 is 0 Å². The van der Waals surface area contributed by atoms with Gasteiger partial charge in [0.1, 0.15) is 5.82 Å². The Morgan fingerprint density at radius 1 is 1.12 bits per heavy atom. The molecule has 4 heteroatoms. The largest absolute Gasteiger partial charge is 0.395 e. The van der Waals surface area contributed by atoms with Gasteiger partial charge in [-0.05, 0) is 31.0 Å². The molecule has 2 aromatic rings. The molecule has 0 saturated heterocycles. The fraction of sp³-hybridized carbons (Fsp3) is 0.308. The molecule has 0 amide bonds. The Bertz CT molecular complexity index is 523. The first-order valence-electron chi connectivity index (χ1n) is 5.69. The molecule has 2 heterocycles. The van der Waals surface area contributed by atoms with Crippen LogP contribution in [0.3, 0.4) is 0 Å². The number of nitrogens with zero attached hydrogens (tertiary/aromatic N) is 3. The summed E-state index contributed by atoms with van der Waals surface area (Å²) in [7, 11) is 0. The molecule has 1 fully saturated rings. The molecule has 1 N–H and O–H groups in total. The van der Waals surface area contributed by atoms with Crippen molar-refractivity contribution in [1.29, 1.82) is 0 Å². The van der Waals surface area contributed by atoms with E-state index < -0.39 is 0 Å². The summed E-state index contributed by atoms with van der Waals surface area (Å²) in [6.07, 6.45) is 7.20. The molecule has 17 heavy (non-hydrogen) atoms. The quantitative estimate of drug-likeness (QED) is 0.864. The van der Waals surface area contributed by atoms with Gasteiger partial charge in [0, 0.05) is 24.2 Å². The van der Waals surface area contributed by atoms with Gasteiger partial charge in [-0.1, -0.05) is 0 Å². The molecule has 86 valence electrons. The summed E-state index contributed by atoms with van der Waals surface area (Å²) in [6.45, 7) is 0.132. The third kappa shape index (κ3) is 1.80. The van der Waals surface area contributed by atoms with E-state index in [1.807, 2.05) is 18.2 Å². The molecule has 0 aliphatic heterocycles. The maximum absolute atomic E-state index is 9.38. The van der Waals surface area contributed by atoms with E-state index in [-0.39, 0.29) is 12.0 Å². The monoisotopic (exact) mass is 227 g/mol. The predicted molar refractivity (Wildman–Crippen MR) is 63.3 cm³/mol. The van der Waals surface area contributed by atoms with Gasteiger partial charge in [0.2, 0.25) is 0 Å². The van der Waals surface area contributed by atoms with E-state index >= 15 is 0 Å². The van der Waals surface area contributed by atoms with Crippen LogP contribution in [0.2, 0.25) is 0 Å². The molecule has 0 bridgehead atoms. The lowest BCUT2D eigenvalue weighted by molar-refractivity contribution is 0.250. The van der Waals surface area contributed by atoms with Crippen molar-refractivity contribution in [3.05, 3.63) is 42.6 Å². The summed E-state index contributed by atoms with van der Waals surface area (Å²) in [5.41, 5.74) is 1.73. The summed E-state index contributed by atoms with van der Waals surface area (Å²) >= 11 is 0. The lowest BCUT2D eigenvalue weighted by Gasteiger charge is -2.10. The van der Waals surface area contributed by atoms with Crippen molar-refractivity contribution in [2.45, 2.75) is 18.3 Å². The topological polar surface area (TPSA) is 58.9 Å². The average molecular weight is 227 g/mol. The maximum atomic E-state index is 9.38. The Kier molecular flexibility index (Phi) is 2.37. The molecule has 2 aromatic heterocycles. The molecular weight excluding hydrogens is 214 g/mol. The third-order valence-corrected chi connectivity index (χ3v) is 3.26. The Morgan fingerprint density at radius 3 is 2.53 bits per heavy atom. The summed E-state index contributed by atoms with van der Waals surface area (Å²) in [6, 6.07) is 5.72. The molecule has 1 aliphatic rings. The van der Waals surface area contributed by atoms with Crippen molar-refractivity contribution in [2.24, 2.45) is 0 Å². The number of rotatable bonds is 3. The molecular formula is C13H13N3O. The van der Waals surface area contributed by atoms with Crippen LogP contribution in [0.5, 0.6) is 0 Å². The van der Waals surface area contributed by atoms with Crippen LogP contribution in [0.15, 0.2) is 36.8 Å². The second-order valence-electron chi connectivity index (χ2n) is 4.44. The molecule has 0 radical (unpaired) electrons. The lowest BCUT2D eigenvalue weighted by atomic mass is 10.1. The predicted octanol–water partition coefficient (Wildman–Crippen LogP) is 1.56. The second kappa shape index (κ2) is 3.89. The van der Waals surface area contributed by atoms with Gasteiger partial charge in [-0.25, -0.2) is 9.97 Å². The SMILES string of the molecule is OCC1(c2nccc(-c3ccncc3)n2)CC1. The highest BCUT2D eigenvalue weighted by Crippen LogP contribution is 2.46. The summed E-state index contributed by atoms with van der Waals surface area (Å²) in [4.78, 5) is 12.8. The highest BCUT2D eigenvalue weighted by Gasteiger charge is 2.46. The summed E-state index contributed by atoms with van der Waals surface area (Å²) in [5, 5.41) is 9.38. The number of aromatic nitrogens is 3. The lowest BCUT2D eigenvalue weighted by Crippen LogP contribution is -2.16. The molecule has 0 unspecified atom stereocenters. The fourth-order valence-electron chi connectivity index (χ4n) is 1.90. The van der Waals surface area contributed by atoms with E-state index in [1.165, 1.54) is 0 Å². The van der Waals surface area contributed by atoms with Gasteiger partial charge in [0.05, 0.1) is 17.7 Å². The minimum Gasteiger partial charge on any atom is -0.395 e. The van der Waals surface area contributed by atoms with E-state index in [9.17, 15) is 5.11 Å². The van der Waals surface area contributed by atoms with Gasteiger partial charge >= 0.3 is 0 Å². The van der Waals surface area contributed by atoms with E-state index in [1.54, 1.807) is 18.6 Å². The van der Waals surface area contributed by atoms with Crippen molar-refractivity contribution in [3.8, 4) is 11.3 Å². The van der Waals surface area contributed by atoms with Crippen LogP contribution in [-0.2, 0) is 5.41 Å². The number of hydrogen-bond donors (Lipinski definition) is 1. The normalized spacial score (nSPS) is 16.8. The summed E-state index contributed by atoms with van der Waals surface area (Å²) in [5.74, 6) is 0.759. The molecule has 3 rings (SSSR count). The standard InChI is InChI=1S/C13H13N3O/c17-9-13(4-5-13)12-15-8-3-11(16-12)10-1-6-14-7-2-10/h1-3,6-8,17H,4-5,9H2. The van der Waals surface area contributed by atoms with Gasteiger partial charge in [-0.3, -0.25) is 4.98 Å². The van der Waals surface area contributed by atoms with Crippen LogP contribution < -0.4 is 0 Å². The number of pyridine rings is 1. The highest BCUT2D eigenvalue weighted by molar-refractivity contribution is 5.57. The molecule has 0 aromatic carbocycles. The van der Waals surface area contributed by atoms with E-state index in [4.69, 9.17) is 0 Å². The Morgan fingerprint density at radius 2 is 1.88 bits per heavy atom. The first-order valence-corrected chi connectivity index (χ1v) is 5.69. The van der Waals surface area contributed by atoms with Gasteiger partial charge < -0.3 is 5.11 Å². The minimum absolute atomic E-state index is 0.132. The van der Waals surface area contributed by atoms with Crippen molar-refractivity contribution in [3.63, 3.8) is 0 Å².